The van der Waals surface area contributed by atoms with Gasteiger partial charge < -0.3 is 9.84 Å². The summed E-state index contributed by atoms with van der Waals surface area (Å²) in [4.78, 5) is 34.9. The van der Waals surface area contributed by atoms with Gasteiger partial charge in [0.2, 0.25) is 5.88 Å². The van der Waals surface area contributed by atoms with E-state index in [2.05, 4.69) is 4.98 Å². The highest BCUT2D eigenvalue weighted by Crippen LogP contribution is 2.18. The highest BCUT2D eigenvalue weighted by atomic mass is 32.1. The lowest BCUT2D eigenvalue weighted by molar-refractivity contribution is -0.133. The minimum absolute atomic E-state index is 0.204. The van der Waals surface area contributed by atoms with E-state index in [-0.39, 0.29) is 22.9 Å². The molecule has 98 valence electrons. The molecule has 0 aliphatic heterocycles. The molecule has 0 fully saturated rings. The second-order valence-corrected chi connectivity index (χ2v) is 4.69. The number of aromatic hydroxyl groups is 1. The average molecular weight is 279 g/mol. The number of aromatic amines is 1. The number of ether oxygens (including phenoxy) is 1. The van der Waals surface area contributed by atoms with Crippen molar-refractivity contribution < 1.29 is 19.4 Å². The van der Waals surface area contributed by atoms with E-state index in [0.29, 0.717) is 11.8 Å². The monoisotopic (exact) mass is 279 g/mol. The molecule has 0 bridgehead atoms. The second kappa shape index (κ2) is 5.49. The van der Waals surface area contributed by atoms with Crippen molar-refractivity contribution in [3.8, 4) is 11.6 Å². The van der Waals surface area contributed by atoms with E-state index < -0.39 is 10.8 Å². The number of carbonyl (C=O) groups is 2. The van der Waals surface area contributed by atoms with Gasteiger partial charge in [0.15, 0.2) is 0 Å². The minimum atomic E-state index is -0.607. The van der Waals surface area contributed by atoms with Gasteiger partial charge in [-0.1, -0.05) is 11.3 Å². The summed E-state index contributed by atoms with van der Waals surface area (Å²) in [5, 5.41) is 9.32. The summed E-state index contributed by atoms with van der Waals surface area (Å²) in [6.45, 7) is 0. The molecule has 0 amide bonds. The number of aldehydes is 1. The van der Waals surface area contributed by atoms with Gasteiger partial charge in [-0.3, -0.25) is 19.4 Å². The summed E-state index contributed by atoms with van der Waals surface area (Å²) in [7, 11) is 0. The highest BCUT2D eigenvalue weighted by molar-refractivity contribution is 7.09. The Hall–Kier alpha value is -2.41. The molecule has 19 heavy (non-hydrogen) atoms. The van der Waals surface area contributed by atoms with E-state index >= 15 is 0 Å². The molecule has 0 saturated heterocycles. The van der Waals surface area contributed by atoms with Gasteiger partial charge in [0.1, 0.15) is 12.0 Å². The van der Waals surface area contributed by atoms with Crippen molar-refractivity contribution in [2.45, 2.75) is 6.42 Å². The van der Waals surface area contributed by atoms with Gasteiger partial charge >= 0.3 is 10.8 Å². The number of benzene rings is 1. The average Bonchev–Trinajstić information content (AvgIpc) is 2.68. The van der Waals surface area contributed by atoms with Crippen LogP contribution in [0.2, 0.25) is 0 Å². The summed E-state index contributed by atoms with van der Waals surface area (Å²) in [6.07, 6.45) is 0.478. The number of aromatic nitrogens is 1. The van der Waals surface area contributed by atoms with Crippen molar-refractivity contribution in [3.63, 3.8) is 0 Å². The lowest BCUT2D eigenvalue weighted by atomic mass is 10.2. The maximum atomic E-state index is 11.6. The number of hydrogen-bond donors (Lipinski definition) is 2. The van der Waals surface area contributed by atoms with E-state index in [1.807, 2.05) is 0 Å². The summed E-state index contributed by atoms with van der Waals surface area (Å²) in [5.74, 6) is -0.634. The van der Waals surface area contributed by atoms with Crippen molar-refractivity contribution in [1.82, 2.24) is 4.98 Å². The van der Waals surface area contributed by atoms with Crippen LogP contribution in [0.5, 0.6) is 11.6 Å². The van der Waals surface area contributed by atoms with Crippen LogP contribution in [0, 0.1) is 0 Å². The Morgan fingerprint density at radius 1 is 1.37 bits per heavy atom. The zero-order chi connectivity index (χ0) is 13.8. The third kappa shape index (κ3) is 3.29. The predicted octanol–water partition coefficient (Wildman–Crippen LogP) is 1.10. The third-order valence-electron chi connectivity index (χ3n) is 2.25. The van der Waals surface area contributed by atoms with Gasteiger partial charge in [0.05, 0.1) is 11.3 Å². The van der Waals surface area contributed by atoms with Gasteiger partial charge in [-0.25, -0.2) is 0 Å². The first-order valence-corrected chi connectivity index (χ1v) is 6.07. The lowest BCUT2D eigenvalue weighted by Gasteiger charge is -2.03. The molecule has 2 rings (SSSR count). The quantitative estimate of drug-likeness (QED) is 0.496. The van der Waals surface area contributed by atoms with Crippen molar-refractivity contribution in [3.05, 3.63) is 44.4 Å². The SMILES string of the molecule is O=Cc1ccc(OC(=O)Cc2sc(=O)[nH]c2O)cc1. The maximum Gasteiger partial charge on any atom is 0.316 e. The number of H-pyrrole nitrogens is 1. The standard InChI is InChI=1S/C12H9NO5S/c14-6-7-1-3-8(4-2-7)18-10(15)5-9-11(16)13-12(17)19-9/h1-4,6,16H,5H2,(H,13,17). The Bertz CT molecular complexity index is 656. The predicted molar refractivity (Wildman–Crippen MR) is 67.8 cm³/mol. The molecular formula is C12H9NO5S. The highest BCUT2D eigenvalue weighted by Gasteiger charge is 2.13. The lowest BCUT2D eigenvalue weighted by Crippen LogP contribution is -2.10. The maximum absolute atomic E-state index is 11.6. The smallest absolute Gasteiger partial charge is 0.316 e. The number of esters is 1. The number of hydrogen-bond acceptors (Lipinski definition) is 6. The van der Waals surface area contributed by atoms with Crippen LogP contribution in [0.25, 0.3) is 0 Å². The van der Waals surface area contributed by atoms with Crippen LogP contribution in [-0.2, 0) is 11.2 Å². The Morgan fingerprint density at radius 2 is 2.05 bits per heavy atom. The first-order chi connectivity index (χ1) is 9.08. The molecule has 0 radical (unpaired) electrons. The second-order valence-electron chi connectivity index (χ2n) is 3.62. The van der Waals surface area contributed by atoms with Crippen LogP contribution in [0.3, 0.4) is 0 Å². The zero-order valence-electron chi connectivity index (χ0n) is 9.58. The number of carbonyl (C=O) groups excluding carboxylic acids is 2. The van der Waals surface area contributed by atoms with E-state index in [9.17, 15) is 19.5 Å². The van der Waals surface area contributed by atoms with E-state index in [0.717, 1.165) is 11.3 Å². The summed E-state index contributed by atoms with van der Waals surface area (Å²) >= 11 is 0.751. The Kier molecular flexibility index (Phi) is 3.76. The van der Waals surface area contributed by atoms with Crippen molar-refractivity contribution in [2.75, 3.05) is 0 Å². The van der Waals surface area contributed by atoms with E-state index in [4.69, 9.17) is 4.74 Å². The van der Waals surface area contributed by atoms with Gasteiger partial charge in [-0.15, -0.1) is 0 Å². The minimum Gasteiger partial charge on any atom is -0.494 e. The molecule has 1 aromatic carbocycles. The Balaban J connectivity index is 2.02. The van der Waals surface area contributed by atoms with Crippen LogP contribution >= 0.6 is 11.3 Å². The first kappa shape index (κ1) is 13.0. The molecule has 7 heteroatoms. The summed E-state index contributed by atoms with van der Waals surface area (Å²) < 4.78 is 5.01. The topological polar surface area (TPSA) is 96.5 Å². The molecule has 1 aromatic heterocycles. The van der Waals surface area contributed by atoms with Crippen LogP contribution in [-0.4, -0.2) is 22.3 Å². The molecule has 0 aliphatic carbocycles. The zero-order valence-corrected chi connectivity index (χ0v) is 10.4. The van der Waals surface area contributed by atoms with Gasteiger partial charge in [-0.2, -0.15) is 0 Å². The van der Waals surface area contributed by atoms with Crippen molar-refractivity contribution in [1.29, 1.82) is 0 Å². The fourth-order valence-corrected chi connectivity index (χ4v) is 2.09. The van der Waals surface area contributed by atoms with Gasteiger partial charge in [0, 0.05) is 5.56 Å². The molecule has 6 nitrogen and oxygen atoms in total. The molecule has 1 heterocycles. The molecule has 2 N–H and O–H groups in total. The van der Waals surface area contributed by atoms with E-state index in [1.54, 1.807) is 0 Å². The molecule has 0 spiro atoms. The van der Waals surface area contributed by atoms with E-state index in [1.165, 1.54) is 24.3 Å². The van der Waals surface area contributed by atoms with Crippen molar-refractivity contribution >= 4 is 23.6 Å². The fraction of sp³-hybridized carbons (Fsp3) is 0.0833. The molecule has 0 saturated carbocycles. The van der Waals surface area contributed by atoms with Crippen molar-refractivity contribution in [2.24, 2.45) is 0 Å². The Morgan fingerprint density at radius 3 is 2.58 bits per heavy atom. The van der Waals surface area contributed by atoms with Gasteiger partial charge in [0.25, 0.3) is 0 Å². The van der Waals surface area contributed by atoms with Crippen LogP contribution in [0.4, 0.5) is 0 Å². The van der Waals surface area contributed by atoms with Crippen LogP contribution in [0.1, 0.15) is 15.2 Å². The number of nitrogens with one attached hydrogen (secondary N) is 1. The molecule has 2 aromatic rings. The third-order valence-corrected chi connectivity index (χ3v) is 3.12. The number of thiazole rings is 1. The van der Waals surface area contributed by atoms with Crippen LogP contribution < -0.4 is 9.61 Å². The fourth-order valence-electron chi connectivity index (χ4n) is 1.39. The largest absolute Gasteiger partial charge is 0.494 e. The van der Waals surface area contributed by atoms with Crippen LogP contribution in [0.15, 0.2) is 29.1 Å². The number of rotatable bonds is 4. The molecule has 0 atom stereocenters. The molecule has 0 aliphatic rings. The summed E-state index contributed by atoms with van der Waals surface area (Å²) in [5.41, 5.74) is 0.473. The molecule has 0 unspecified atom stereocenters. The first-order valence-electron chi connectivity index (χ1n) is 5.25. The Labute approximate surface area is 111 Å². The molecular weight excluding hydrogens is 270 g/mol. The summed E-state index contributed by atoms with van der Waals surface area (Å²) in [6, 6.07) is 6.01. The normalized spacial score (nSPS) is 10.1. The van der Waals surface area contributed by atoms with Gasteiger partial charge in [-0.05, 0) is 24.3 Å².